The monoisotopic (exact) mass is 442 g/mol. The van der Waals surface area contributed by atoms with Gasteiger partial charge in [0.05, 0.1) is 24.6 Å². The van der Waals surface area contributed by atoms with Gasteiger partial charge in [-0.2, -0.15) is 0 Å². The van der Waals surface area contributed by atoms with Gasteiger partial charge >= 0.3 is 0 Å². The zero-order chi connectivity index (χ0) is 23.2. The van der Waals surface area contributed by atoms with Gasteiger partial charge in [-0.1, -0.05) is 38.1 Å². The maximum Gasteiger partial charge on any atom is 0.261 e. The number of benzene rings is 3. The molecule has 1 heterocycles. The van der Waals surface area contributed by atoms with Gasteiger partial charge in [0.1, 0.15) is 17.3 Å². The molecule has 5 nitrogen and oxygen atoms in total. The molecule has 0 amide bonds. The first kappa shape index (κ1) is 22.6. The highest BCUT2D eigenvalue weighted by atomic mass is 16.5. The summed E-state index contributed by atoms with van der Waals surface area (Å²) < 4.78 is 13.0. The first-order chi connectivity index (χ1) is 16.1. The molecule has 170 valence electrons. The molecule has 3 aromatic carbocycles. The van der Waals surface area contributed by atoms with E-state index in [0.717, 1.165) is 23.5 Å². The molecule has 0 aliphatic rings. The Balaban J connectivity index is 1.53. The summed E-state index contributed by atoms with van der Waals surface area (Å²) in [5, 5.41) is 0.622. The molecule has 0 fully saturated rings. The summed E-state index contributed by atoms with van der Waals surface area (Å²) in [5.74, 6) is 2.81. The number of ether oxygens (including phenoxy) is 2. The molecule has 1 atom stereocenters. The molecule has 4 aromatic rings. The van der Waals surface area contributed by atoms with Gasteiger partial charge in [0.2, 0.25) is 0 Å². The van der Waals surface area contributed by atoms with Gasteiger partial charge in [-0.25, -0.2) is 4.98 Å². The van der Waals surface area contributed by atoms with Crippen molar-refractivity contribution in [3.8, 4) is 22.9 Å². The lowest BCUT2D eigenvalue weighted by molar-refractivity contribution is 0.301. The summed E-state index contributed by atoms with van der Waals surface area (Å²) in [5.41, 5.74) is 2.86. The fourth-order valence-electron chi connectivity index (χ4n) is 3.88. The second kappa shape index (κ2) is 10.3. The van der Waals surface area contributed by atoms with Crippen molar-refractivity contribution < 1.29 is 9.47 Å². The van der Waals surface area contributed by atoms with E-state index in [-0.39, 0.29) is 5.56 Å². The summed E-state index contributed by atoms with van der Waals surface area (Å²) in [4.78, 5) is 18.1. The van der Waals surface area contributed by atoms with Crippen LogP contribution in [0.1, 0.15) is 38.2 Å². The standard InChI is InChI=1S/C28H30N2O3/c1-4-20(2)21-10-16-24(17-11-21)33-19-7-18-30-27(22-12-14-23(32-3)15-13-22)29-26-9-6-5-8-25(26)28(30)31/h5-6,8-17,20H,4,7,18-19H2,1-3H3. The number of aromatic nitrogens is 2. The smallest absolute Gasteiger partial charge is 0.261 e. The van der Waals surface area contributed by atoms with Crippen LogP contribution in [0.25, 0.3) is 22.3 Å². The molecule has 0 radical (unpaired) electrons. The van der Waals surface area contributed by atoms with E-state index in [4.69, 9.17) is 14.5 Å². The van der Waals surface area contributed by atoms with Crippen LogP contribution in [0, 0.1) is 0 Å². The SMILES string of the molecule is CCC(C)c1ccc(OCCCn2c(-c3ccc(OC)cc3)nc3ccccc3c2=O)cc1. The van der Waals surface area contributed by atoms with Crippen molar-refractivity contribution in [3.05, 3.63) is 88.7 Å². The van der Waals surface area contributed by atoms with E-state index in [9.17, 15) is 4.79 Å². The molecule has 0 spiro atoms. The minimum atomic E-state index is -0.0377. The van der Waals surface area contributed by atoms with Gasteiger partial charge in [0, 0.05) is 12.1 Å². The maximum atomic E-state index is 13.3. The Bertz CT molecular complexity index is 1260. The van der Waals surface area contributed by atoms with Crippen LogP contribution in [0.15, 0.2) is 77.6 Å². The maximum absolute atomic E-state index is 13.3. The van der Waals surface area contributed by atoms with Crippen LogP contribution in [0.4, 0.5) is 0 Å². The molecular formula is C28H30N2O3. The van der Waals surface area contributed by atoms with E-state index in [1.54, 1.807) is 11.7 Å². The van der Waals surface area contributed by atoms with Gasteiger partial charge in [-0.05, 0) is 72.9 Å². The Labute approximate surface area is 194 Å². The van der Waals surface area contributed by atoms with Gasteiger partial charge in [-0.3, -0.25) is 9.36 Å². The van der Waals surface area contributed by atoms with E-state index in [2.05, 4.69) is 26.0 Å². The molecule has 0 saturated carbocycles. The number of methoxy groups -OCH3 is 1. The van der Waals surface area contributed by atoms with Crippen molar-refractivity contribution in [1.29, 1.82) is 0 Å². The molecule has 4 rings (SSSR count). The van der Waals surface area contributed by atoms with E-state index in [0.29, 0.717) is 42.2 Å². The van der Waals surface area contributed by atoms with Crippen molar-refractivity contribution in [2.75, 3.05) is 13.7 Å². The Morgan fingerprint density at radius 3 is 2.33 bits per heavy atom. The number of fused-ring (bicyclic) bond motifs is 1. The number of rotatable bonds is 9. The molecule has 0 saturated heterocycles. The summed E-state index contributed by atoms with van der Waals surface area (Å²) in [6.45, 7) is 5.46. The number of hydrogen-bond donors (Lipinski definition) is 0. The Hall–Kier alpha value is -3.60. The van der Waals surface area contributed by atoms with Crippen LogP contribution in [0.2, 0.25) is 0 Å². The Morgan fingerprint density at radius 2 is 1.64 bits per heavy atom. The predicted molar refractivity (Wildman–Crippen MR) is 133 cm³/mol. The largest absolute Gasteiger partial charge is 0.497 e. The first-order valence-electron chi connectivity index (χ1n) is 11.5. The second-order valence-electron chi connectivity index (χ2n) is 8.22. The topological polar surface area (TPSA) is 53.4 Å². The Morgan fingerprint density at radius 1 is 0.939 bits per heavy atom. The molecule has 33 heavy (non-hydrogen) atoms. The van der Waals surface area contributed by atoms with E-state index in [1.807, 2.05) is 60.7 Å². The van der Waals surface area contributed by atoms with Crippen molar-refractivity contribution in [2.45, 2.75) is 39.2 Å². The van der Waals surface area contributed by atoms with Crippen LogP contribution >= 0.6 is 0 Å². The van der Waals surface area contributed by atoms with Crippen LogP contribution in [-0.4, -0.2) is 23.3 Å². The van der Waals surface area contributed by atoms with Crippen LogP contribution in [0.3, 0.4) is 0 Å². The lowest BCUT2D eigenvalue weighted by Gasteiger charge is -2.15. The minimum Gasteiger partial charge on any atom is -0.497 e. The lowest BCUT2D eigenvalue weighted by atomic mass is 9.99. The van der Waals surface area contributed by atoms with Crippen LogP contribution in [-0.2, 0) is 6.54 Å². The van der Waals surface area contributed by atoms with Gasteiger partial charge in [-0.15, -0.1) is 0 Å². The third-order valence-electron chi connectivity index (χ3n) is 6.07. The lowest BCUT2D eigenvalue weighted by Crippen LogP contribution is -2.24. The highest BCUT2D eigenvalue weighted by Crippen LogP contribution is 2.23. The Kier molecular flexibility index (Phi) is 7.08. The second-order valence-corrected chi connectivity index (χ2v) is 8.22. The van der Waals surface area contributed by atoms with Crippen molar-refractivity contribution in [1.82, 2.24) is 9.55 Å². The van der Waals surface area contributed by atoms with Crippen LogP contribution in [0.5, 0.6) is 11.5 Å². The molecule has 1 aromatic heterocycles. The minimum absolute atomic E-state index is 0.0377. The first-order valence-corrected chi connectivity index (χ1v) is 11.5. The van der Waals surface area contributed by atoms with Crippen LogP contribution < -0.4 is 15.0 Å². The average Bonchev–Trinajstić information content (AvgIpc) is 2.87. The summed E-state index contributed by atoms with van der Waals surface area (Å²) >= 11 is 0. The molecule has 0 N–H and O–H groups in total. The molecule has 0 aliphatic heterocycles. The van der Waals surface area contributed by atoms with E-state index in [1.165, 1.54) is 5.56 Å². The van der Waals surface area contributed by atoms with Gasteiger partial charge in [0.25, 0.3) is 5.56 Å². The summed E-state index contributed by atoms with van der Waals surface area (Å²) in [6.07, 6.45) is 1.81. The molecule has 0 bridgehead atoms. The fraction of sp³-hybridized carbons (Fsp3) is 0.286. The third-order valence-corrected chi connectivity index (χ3v) is 6.07. The highest BCUT2D eigenvalue weighted by molar-refractivity contribution is 5.79. The van der Waals surface area contributed by atoms with E-state index < -0.39 is 0 Å². The quantitative estimate of drug-likeness (QED) is 0.296. The zero-order valence-electron chi connectivity index (χ0n) is 19.5. The third kappa shape index (κ3) is 5.08. The molecule has 0 aliphatic carbocycles. The summed E-state index contributed by atoms with van der Waals surface area (Å²) in [6, 6.07) is 23.4. The van der Waals surface area contributed by atoms with Crippen molar-refractivity contribution >= 4 is 10.9 Å². The summed E-state index contributed by atoms with van der Waals surface area (Å²) in [7, 11) is 1.64. The zero-order valence-corrected chi connectivity index (χ0v) is 19.5. The van der Waals surface area contributed by atoms with Gasteiger partial charge < -0.3 is 9.47 Å². The number of nitrogens with zero attached hydrogens (tertiary/aromatic N) is 2. The van der Waals surface area contributed by atoms with Gasteiger partial charge in [0.15, 0.2) is 0 Å². The normalized spacial score (nSPS) is 12.0. The molecule has 1 unspecified atom stereocenters. The predicted octanol–water partition coefficient (Wildman–Crippen LogP) is 6.05. The molecule has 5 heteroatoms. The van der Waals surface area contributed by atoms with Crippen molar-refractivity contribution in [2.24, 2.45) is 0 Å². The molecular weight excluding hydrogens is 412 g/mol. The number of para-hydroxylation sites is 1. The average molecular weight is 443 g/mol. The number of hydrogen-bond acceptors (Lipinski definition) is 4. The highest BCUT2D eigenvalue weighted by Gasteiger charge is 2.13. The fourth-order valence-corrected chi connectivity index (χ4v) is 3.88. The van der Waals surface area contributed by atoms with Crippen molar-refractivity contribution in [3.63, 3.8) is 0 Å². The van der Waals surface area contributed by atoms with E-state index >= 15 is 0 Å².